The number of likely N-dealkylation sites (tertiary alicyclic amines) is 1. The third kappa shape index (κ3) is 3.33. The molecule has 1 atom stereocenters. The predicted molar refractivity (Wildman–Crippen MR) is 83.8 cm³/mol. The Kier molecular flexibility index (Phi) is 4.66. The number of hydrogen-bond donors (Lipinski definition) is 1. The van der Waals surface area contributed by atoms with E-state index in [2.05, 4.69) is 36.2 Å². The molecule has 1 unspecified atom stereocenters. The largest absolute Gasteiger partial charge is 0.454 e. The summed E-state index contributed by atoms with van der Waals surface area (Å²) in [5, 5.41) is 3.47. The van der Waals surface area contributed by atoms with Gasteiger partial charge in [0.15, 0.2) is 11.5 Å². The minimum absolute atomic E-state index is 0.350. The van der Waals surface area contributed by atoms with E-state index in [0.717, 1.165) is 24.0 Å². The van der Waals surface area contributed by atoms with Crippen LogP contribution in [-0.2, 0) is 0 Å². The van der Waals surface area contributed by atoms with E-state index in [1.807, 2.05) is 6.07 Å². The molecule has 21 heavy (non-hydrogen) atoms. The lowest BCUT2D eigenvalue weighted by Crippen LogP contribution is -2.38. The molecule has 0 radical (unpaired) electrons. The van der Waals surface area contributed by atoms with Crippen LogP contribution in [-0.4, -0.2) is 37.9 Å². The highest BCUT2D eigenvalue weighted by molar-refractivity contribution is 5.45. The van der Waals surface area contributed by atoms with E-state index in [-0.39, 0.29) is 0 Å². The third-order valence-electron chi connectivity index (χ3n) is 4.76. The molecule has 0 saturated carbocycles. The number of ether oxygens (including phenoxy) is 2. The summed E-state index contributed by atoms with van der Waals surface area (Å²) in [5.74, 6) is 2.60. The van der Waals surface area contributed by atoms with Crippen molar-refractivity contribution in [3.8, 4) is 11.5 Å². The molecular formula is C17H26N2O2. The number of hydrogen-bond acceptors (Lipinski definition) is 4. The molecule has 4 heteroatoms. The zero-order valence-corrected chi connectivity index (χ0v) is 13.1. The van der Waals surface area contributed by atoms with Crippen molar-refractivity contribution in [2.24, 2.45) is 5.92 Å². The van der Waals surface area contributed by atoms with Crippen LogP contribution in [0.2, 0.25) is 0 Å². The van der Waals surface area contributed by atoms with Gasteiger partial charge < -0.3 is 14.8 Å². The molecule has 116 valence electrons. The first-order valence-corrected chi connectivity index (χ1v) is 8.12. The van der Waals surface area contributed by atoms with Gasteiger partial charge in [-0.1, -0.05) is 13.0 Å². The molecule has 0 spiro atoms. The first-order chi connectivity index (χ1) is 10.3. The second kappa shape index (κ2) is 6.67. The van der Waals surface area contributed by atoms with Gasteiger partial charge in [-0.2, -0.15) is 0 Å². The summed E-state index contributed by atoms with van der Waals surface area (Å²) in [4.78, 5) is 2.58. The van der Waals surface area contributed by atoms with Crippen LogP contribution < -0.4 is 14.8 Å². The van der Waals surface area contributed by atoms with E-state index < -0.39 is 0 Å². The van der Waals surface area contributed by atoms with Crippen LogP contribution in [0.15, 0.2) is 18.2 Å². The first-order valence-electron chi connectivity index (χ1n) is 8.12. The van der Waals surface area contributed by atoms with Gasteiger partial charge in [-0.25, -0.2) is 0 Å². The van der Waals surface area contributed by atoms with E-state index in [1.165, 1.54) is 38.0 Å². The molecule has 2 heterocycles. The molecule has 1 fully saturated rings. The van der Waals surface area contributed by atoms with Gasteiger partial charge in [0.1, 0.15) is 0 Å². The molecule has 1 saturated heterocycles. The van der Waals surface area contributed by atoms with Gasteiger partial charge >= 0.3 is 0 Å². The van der Waals surface area contributed by atoms with Crippen molar-refractivity contribution in [1.82, 2.24) is 10.2 Å². The molecule has 1 aromatic rings. The highest BCUT2D eigenvalue weighted by Crippen LogP contribution is 2.36. The Labute approximate surface area is 127 Å². The number of nitrogens with zero attached hydrogens (tertiary/aromatic N) is 1. The van der Waals surface area contributed by atoms with E-state index in [9.17, 15) is 0 Å². The van der Waals surface area contributed by atoms with Crippen molar-refractivity contribution in [2.45, 2.75) is 32.7 Å². The summed E-state index contributed by atoms with van der Waals surface area (Å²) >= 11 is 0. The number of piperidine rings is 1. The Morgan fingerprint density at radius 2 is 2.00 bits per heavy atom. The highest BCUT2D eigenvalue weighted by atomic mass is 16.7. The highest BCUT2D eigenvalue weighted by Gasteiger charge is 2.24. The van der Waals surface area contributed by atoms with E-state index in [1.54, 1.807) is 0 Å². The molecule has 2 aliphatic rings. The number of nitrogens with one attached hydrogen (secondary N) is 1. The fraction of sp³-hybridized carbons (Fsp3) is 0.647. The lowest BCUT2D eigenvalue weighted by molar-refractivity contribution is 0.140. The summed E-state index contributed by atoms with van der Waals surface area (Å²) in [5.41, 5.74) is 1.32. The second-order valence-corrected chi connectivity index (χ2v) is 6.08. The fourth-order valence-electron chi connectivity index (χ4n) is 3.28. The molecule has 2 aliphatic heterocycles. The van der Waals surface area contributed by atoms with Crippen LogP contribution in [0.3, 0.4) is 0 Å². The number of rotatable bonds is 5. The smallest absolute Gasteiger partial charge is 0.231 e. The zero-order valence-electron chi connectivity index (χ0n) is 13.1. The number of fused-ring (bicyclic) bond motifs is 1. The third-order valence-corrected chi connectivity index (χ3v) is 4.76. The molecular weight excluding hydrogens is 264 g/mol. The Morgan fingerprint density at radius 3 is 2.76 bits per heavy atom. The lowest BCUT2D eigenvalue weighted by atomic mass is 9.94. The average molecular weight is 290 g/mol. The first kappa shape index (κ1) is 14.7. The zero-order chi connectivity index (χ0) is 14.7. The molecule has 0 aromatic heterocycles. The van der Waals surface area contributed by atoms with Gasteiger partial charge in [0.05, 0.1) is 0 Å². The molecule has 0 bridgehead atoms. The van der Waals surface area contributed by atoms with Crippen molar-refractivity contribution in [3.63, 3.8) is 0 Å². The maximum atomic E-state index is 5.49. The van der Waals surface area contributed by atoms with E-state index in [4.69, 9.17) is 9.47 Å². The topological polar surface area (TPSA) is 33.7 Å². The van der Waals surface area contributed by atoms with Crippen molar-refractivity contribution in [1.29, 1.82) is 0 Å². The summed E-state index contributed by atoms with van der Waals surface area (Å²) in [6.45, 7) is 9.44. The van der Waals surface area contributed by atoms with E-state index >= 15 is 0 Å². The monoisotopic (exact) mass is 290 g/mol. The maximum absolute atomic E-state index is 5.49. The summed E-state index contributed by atoms with van der Waals surface area (Å²) in [6, 6.07) is 6.78. The Balaban J connectivity index is 1.57. The quantitative estimate of drug-likeness (QED) is 0.904. The van der Waals surface area contributed by atoms with Crippen molar-refractivity contribution in [2.75, 3.05) is 33.0 Å². The van der Waals surface area contributed by atoms with Crippen LogP contribution >= 0.6 is 0 Å². The van der Waals surface area contributed by atoms with Gasteiger partial charge in [0.2, 0.25) is 6.79 Å². The second-order valence-electron chi connectivity index (χ2n) is 6.08. The molecule has 4 nitrogen and oxygen atoms in total. The van der Waals surface area contributed by atoms with Gasteiger partial charge in [-0.05, 0) is 69.6 Å². The molecule has 1 N–H and O–H groups in total. The standard InChI is InChI=1S/C17H26N2O2/c1-3-18-11-14-6-8-19(9-7-14)13(2)15-4-5-16-17(10-15)21-12-20-16/h4-5,10,13-14,18H,3,6-9,11-12H2,1-2H3. The molecule has 1 aromatic carbocycles. The van der Waals surface area contributed by atoms with Crippen LogP contribution in [0.1, 0.15) is 38.3 Å². The normalized spacial score (nSPS) is 20.7. The van der Waals surface area contributed by atoms with Crippen molar-refractivity contribution in [3.05, 3.63) is 23.8 Å². The summed E-state index contributed by atoms with van der Waals surface area (Å²) < 4.78 is 10.9. The van der Waals surface area contributed by atoms with Crippen LogP contribution in [0.4, 0.5) is 0 Å². The predicted octanol–water partition coefficient (Wildman–Crippen LogP) is 2.80. The Hall–Kier alpha value is -1.26. The SMILES string of the molecule is CCNCC1CCN(C(C)c2ccc3c(c2)OCO3)CC1. The van der Waals surface area contributed by atoms with Crippen molar-refractivity contribution < 1.29 is 9.47 Å². The van der Waals surface area contributed by atoms with Gasteiger partial charge in [0.25, 0.3) is 0 Å². The molecule has 3 rings (SSSR count). The minimum atomic E-state index is 0.350. The van der Waals surface area contributed by atoms with Gasteiger partial charge in [0, 0.05) is 6.04 Å². The Morgan fingerprint density at radius 1 is 1.24 bits per heavy atom. The lowest BCUT2D eigenvalue weighted by Gasteiger charge is -2.36. The van der Waals surface area contributed by atoms with Gasteiger partial charge in [-0.3, -0.25) is 4.90 Å². The number of benzene rings is 1. The van der Waals surface area contributed by atoms with Gasteiger partial charge in [-0.15, -0.1) is 0 Å². The summed E-state index contributed by atoms with van der Waals surface area (Å²) in [7, 11) is 0. The fourth-order valence-corrected chi connectivity index (χ4v) is 3.28. The van der Waals surface area contributed by atoms with Crippen molar-refractivity contribution >= 4 is 0 Å². The van der Waals surface area contributed by atoms with Crippen LogP contribution in [0.5, 0.6) is 11.5 Å². The van der Waals surface area contributed by atoms with Crippen LogP contribution in [0, 0.1) is 5.92 Å². The Bertz CT molecular complexity index is 470. The molecule has 0 aliphatic carbocycles. The van der Waals surface area contributed by atoms with E-state index in [0.29, 0.717) is 12.8 Å². The minimum Gasteiger partial charge on any atom is -0.454 e. The molecule has 0 amide bonds. The maximum Gasteiger partial charge on any atom is 0.231 e. The summed E-state index contributed by atoms with van der Waals surface area (Å²) in [6.07, 6.45) is 2.59. The van der Waals surface area contributed by atoms with Crippen LogP contribution in [0.25, 0.3) is 0 Å². The average Bonchev–Trinajstić information content (AvgIpc) is 3.00.